The van der Waals surface area contributed by atoms with Gasteiger partial charge in [0.05, 0.1) is 0 Å². The van der Waals surface area contributed by atoms with Gasteiger partial charge in [-0.3, -0.25) is 14.3 Å². The number of piperidine rings is 1. The van der Waals surface area contributed by atoms with Gasteiger partial charge in [0, 0.05) is 68.4 Å². The van der Waals surface area contributed by atoms with Gasteiger partial charge >= 0.3 is 0 Å². The summed E-state index contributed by atoms with van der Waals surface area (Å²) in [5, 5.41) is 7.63. The first kappa shape index (κ1) is 27.4. The SMILES string of the molecule is C[C@H]1CC(=O)N(Cc2ccc(C(=O)NC3CCN(C4CCCC4)CC3)cc2Oc2ccc(-c3ncn(C)n3)cc2)C1. The number of likely N-dealkylation sites (tertiary alicyclic amines) is 2. The molecular formula is C32H40N6O3. The fourth-order valence-corrected chi connectivity index (χ4v) is 6.47. The highest BCUT2D eigenvalue weighted by Gasteiger charge is 2.29. The van der Waals surface area contributed by atoms with E-state index in [0.29, 0.717) is 41.8 Å². The number of amides is 2. The largest absolute Gasteiger partial charge is 0.457 e. The third kappa shape index (κ3) is 6.45. The molecule has 1 saturated carbocycles. The first-order valence-corrected chi connectivity index (χ1v) is 15.0. The summed E-state index contributed by atoms with van der Waals surface area (Å²) in [5.74, 6) is 2.29. The number of hydrogen-bond acceptors (Lipinski definition) is 6. The van der Waals surface area contributed by atoms with Crippen molar-refractivity contribution in [2.45, 2.75) is 70.5 Å². The first-order valence-electron chi connectivity index (χ1n) is 15.0. The van der Waals surface area contributed by atoms with E-state index in [0.717, 1.165) is 49.6 Å². The second-order valence-electron chi connectivity index (χ2n) is 12.0. The quantitative estimate of drug-likeness (QED) is 0.429. The summed E-state index contributed by atoms with van der Waals surface area (Å²) in [6.07, 6.45) is 9.53. The second-order valence-corrected chi connectivity index (χ2v) is 12.0. The molecule has 0 spiro atoms. The molecule has 2 aliphatic heterocycles. The lowest BCUT2D eigenvalue weighted by molar-refractivity contribution is -0.128. The van der Waals surface area contributed by atoms with Crippen molar-refractivity contribution in [2.24, 2.45) is 13.0 Å². The average molecular weight is 557 g/mol. The van der Waals surface area contributed by atoms with Crippen LogP contribution < -0.4 is 10.1 Å². The molecular weight excluding hydrogens is 516 g/mol. The monoisotopic (exact) mass is 556 g/mol. The van der Waals surface area contributed by atoms with Gasteiger partial charge in [-0.25, -0.2) is 4.98 Å². The van der Waals surface area contributed by atoms with E-state index < -0.39 is 0 Å². The second kappa shape index (κ2) is 12.0. The Morgan fingerprint density at radius 2 is 1.80 bits per heavy atom. The van der Waals surface area contributed by atoms with Crippen molar-refractivity contribution < 1.29 is 14.3 Å². The summed E-state index contributed by atoms with van der Waals surface area (Å²) >= 11 is 0. The molecule has 9 heteroatoms. The van der Waals surface area contributed by atoms with E-state index in [1.807, 2.05) is 54.4 Å². The summed E-state index contributed by atoms with van der Waals surface area (Å²) in [5.41, 5.74) is 2.34. The van der Waals surface area contributed by atoms with Crippen LogP contribution in [-0.2, 0) is 18.4 Å². The van der Waals surface area contributed by atoms with Gasteiger partial charge < -0.3 is 19.9 Å². The van der Waals surface area contributed by atoms with E-state index in [4.69, 9.17) is 4.74 Å². The Balaban J connectivity index is 1.17. The third-order valence-electron chi connectivity index (χ3n) is 8.74. The van der Waals surface area contributed by atoms with Crippen LogP contribution in [0, 0.1) is 5.92 Å². The molecule has 0 radical (unpaired) electrons. The molecule has 1 aromatic heterocycles. The standard InChI is InChI=1S/C32H40N6O3/c1-22-17-30(39)38(19-22)20-25-8-7-24(32(40)34-26-13-15-37(16-14-26)27-5-3-4-6-27)18-29(25)41-28-11-9-23(10-12-28)31-33-21-36(2)35-31/h7-12,18,21-22,26-27H,3-6,13-17,19-20H2,1-2H3,(H,34,40)/t22-/m0/s1. The van der Waals surface area contributed by atoms with Crippen LogP contribution in [0.3, 0.4) is 0 Å². The van der Waals surface area contributed by atoms with Crippen LogP contribution in [-0.4, -0.2) is 68.1 Å². The van der Waals surface area contributed by atoms with Gasteiger partial charge in [-0.15, -0.1) is 0 Å². The number of hydrogen-bond donors (Lipinski definition) is 1. The number of rotatable bonds is 8. The number of nitrogens with zero attached hydrogens (tertiary/aromatic N) is 5. The number of aromatic nitrogens is 3. The summed E-state index contributed by atoms with van der Waals surface area (Å²) in [4.78, 5) is 34.7. The maximum atomic E-state index is 13.3. The van der Waals surface area contributed by atoms with Gasteiger partial charge in [-0.05, 0) is 68.0 Å². The van der Waals surface area contributed by atoms with Crippen LogP contribution in [0.2, 0.25) is 0 Å². The number of aryl methyl sites for hydroxylation is 1. The molecule has 2 aromatic carbocycles. The number of carbonyl (C=O) groups is 2. The summed E-state index contributed by atoms with van der Waals surface area (Å²) in [7, 11) is 1.84. The van der Waals surface area contributed by atoms with Crippen molar-refractivity contribution in [2.75, 3.05) is 19.6 Å². The van der Waals surface area contributed by atoms with Crippen LogP contribution in [0.1, 0.15) is 67.8 Å². The van der Waals surface area contributed by atoms with Crippen LogP contribution in [0.25, 0.3) is 11.4 Å². The third-order valence-corrected chi connectivity index (χ3v) is 8.74. The fraction of sp³-hybridized carbons (Fsp3) is 0.500. The maximum absolute atomic E-state index is 13.3. The zero-order valence-corrected chi connectivity index (χ0v) is 24.1. The molecule has 1 N–H and O–H groups in total. The minimum Gasteiger partial charge on any atom is -0.457 e. The summed E-state index contributed by atoms with van der Waals surface area (Å²) in [6.45, 7) is 5.38. The Morgan fingerprint density at radius 1 is 1.05 bits per heavy atom. The highest BCUT2D eigenvalue weighted by atomic mass is 16.5. The molecule has 41 heavy (non-hydrogen) atoms. The minimum absolute atomic E-state index is 0.0804. The molecule has 3 aliphatic rings. The topological polar surface area (TPSA) is 92.6 Å². The Hall–Kier alpha value is -3.72. The van der Waals surface area contributed by atoms with Crippen LogP contribution >= 0.6 is 0 Å². The predicted octanol–water partition coefficient (Wildman–Crippen LogP) is 4.78. The molecule has 3 heterocycles. The maximum Gasteiger partial charge on any atom is 0.251 e. The number of benzene rings is 2. The normalized spacial score (nSPS) is 20.6. The van der Waals surface area contributed by atoms with E-state index >= 15 is 0 Å². The number of nitrogens with one attached hydrogen (secondary N) is 1. The molecule has 3 fully saturated rings. The van der Waals surface area contributed by atoms with Crippen molar-refractivity contribution in [1.29, 1.82) is 0 Å². The minimum atomic E-state index is -0.0804. The van der Waals surface area contributed by atoms with Gasteiger partial charge in [-0.2, -0.15) is 5.10 Å². The molecule has 0 unspecified atom stereocenters. The summed E-state index contributed by atoms with van der Waals surface area (Å²) in [6, 6.07) is 14.1. The summed E-state index contributed by atoms with van der Waals surface area (Å²) < 4.78 is 8.03. The van der Waals surface area contributed by atoms with Crippen molar-refractivity contribution in [3.63, 3.8) is 0 Å². The molecule has 3 aromatic rings. The van der Waals surface area contributed by atoms with E-state index in [-0.39, 0.29) is 17.9 Å². The van der Waals surface area contributed by atoms with Crippen LogP contribution in [0.4, 0.5) is 0 Å². The zero-order valence-electron chi connectivity index (χ0n) is 24.1. The van der Waals surface area contributed by atoms with E-state index in [9.17, 15) is 9.59 Å². The average Bonchev–Trinajstić information content (AvgIpc) is 3.73. The molecule has 2 amide bonds. The van der Waals surface area contributed by atoms with Gasteiger partial charge in [0.2, 0.25) is 5.91 Å². The lowest BCUT2D eigenvalue weighted by Crippen LogP contribution is -2.47. The lowest BCUT2D eigenvalue weighted by atomic mass is 10.0. The van der Waals surface area contributed by atoms with Crippen molar-refractivity contribution in [3.8, 4) is 22.9 Å². The van der Waals surface area contributed by atoms with Gasteiger partial charge in [0.1, 0.15) is 17.8 Å². The molecule has 6 rings (SSSR count). The van der Waals surface area contributed by atoms with Gasteiger partial charge in [0.25, 0.3) is 5.91 Å². The number of carbonyl (C=O) groups excluding carboxylic acids is 2. The Bertz CT molecular complexity index is 1370. The highest BCUT2D eigenvalue weighted by molar-refractivity contribution is 5.95. The molecule has 2 saturated heterocycles. The van der Waals surface area contributed by atoms with Crippen molar-refractivity contribution >= 4 is 11.8 Å². The van der Waals surface area contributed by atoms with Crippen LogP contribution in [0.5, 0.6) is 11.5 Å². The van der Waals surface area contributed by atoms with Gasteiger partial charge in [0.15, 0.2) is 5.82 Å². The fourth-order valence-electron chi connectivity index (χ4n) is 6.47. The Morgan fingerprint density at radius 3 is 2.46 bits per heavy atom. The van der Waals surface area contributed by atoms with Crippen molar-refractivity contribution in [1.82, 2.24) is 29.9 Å². The van der Waals surface area contributed by atoms with Gasteiger partial charge in [-0.1, -0.05) is 25.8 Å². The molecule has 1 atom stereocenters. The Kier molecular flexibility index (Phi) is 8.05. The zero-order chi connectivity index (χ0) is 28.3. The number of ether oxygens (including phenoxy) is 1. The first-order chi connectivity index (χ1) is 19.9. The van der Waals surface area contributed by atoms with E-state index in [2.05, 4.69) is 27.2 Å². The molecule has 1 aliphatic carbocycles. The van der Waals surface area contributed by atoms with E-state index in [1.54, 1.807) is 11.0 Å². The lowest BCUT2D eigenvalue weighted by Gasteiger charge is -2.36. The molecule has 0 bridgehead atoms. The predicted molar refractivity (Wildman–Crippen MR) is 156 cm³/mol. The molecule has 9 nitrogen and oxygen atoms in total. The highest BCUT2D eigenvalue weighted by Crippen LogP contribution is 2.31. The smallest absolute Gasteiger partial charge is 0.251 e. The van der Waals surface area contributed by atoms with Crippen LogP contribution in [0.15, 0.2) is 48.8 Å². The van der Waals surface area contributed by atoms with E-state index in [1.165, 1.54) is 25.7 Å². The Labute approximate surface area is 241 Å². The van der Waals surface area contributed by atoms with Crippen molar-refractivity contribution in [3.05, 3.63) is 59.9 Å². The molecule has 216 valence electrons.